The predicted molar refractivity (Wildman–Crippen MR) is 73.0 cm³/mol. The first-order chi connectivity index (χ1) is 7.93. The van der Waals surface area contributed by atoms with Crippen LogP contribution in [0.4, 0.5) is 0 Å². The normalized spacial score (nSPS) is 45.2. The molecule has 4 unspecified atom stereocenters. The van der Waals surface area contributed by atoms with E-state index in [1.54, 1.807) is 0 Å². The molecule has 0 heterocycles. The van der Waals surface area contributed by atoms with Gasteiger partial charge in [0.2, 0.25) is 0 Å². The summed E-state index contributed by atoms with van der Waals surface area (Å²) in [5.74, 6) is 2.02. The molecule has 1 N–H and O–H groups in total. The summed E-state index contributed by atoms with van der Waals surface area (Å²) in [5, 5.41) is 3.98. The van der Waals surface area contributed by atoms with Crippen LogP contribution >= 0.6 is 0 Å². The molecule has 0 aliphatic heterocycles. The summed E-state index contributed by atoms with van der Waals surface area (Å²) in [5.41, 5.74) is 1.11. The maximum atomic E-state index is 3.98. The van der Waals surface area contributed by atoms with E-state index >= 15 is 0 Å². The minimum absolute atomic E-state index is 0.551. The molecule has 0 spiro atoms. The second-order valence-electron chi connectivity index (χ2n) is 7.91. The smallest absolute Gasteiger partial charge is 0.0131 e. The molecular formula is C16H29N. The van der Waals surface area contributed by atoms with Crippen molar-refractivity contribution in [2.24, 2.45) is 22.7 Å². The lowest BCUT2D eigenvalue weighted by molar-refractivity contribution is 0.115. The quantitative estimate of drug-likeness (QED) is 0.777. The highest BCUT2D eigenvalue weighted by Gasteiger charge is 2.61. The summed E-state index contributed by atoms with van der Waals surface area (Å²) < 4.78 is 0. The molecule has 0 aromatic rings. The van der Waals surface area contributed by atoms with Crippen molar-refractivity contribution in [2.45, 2.75) is 78.3 Å². The maximum absolute atomic E-state index is 3.98. The van der Waals surface area contributed by atoms with Gasteiger partial charge in [0.25, 0.3) is 0 Å². The summed E-state index contributed by atoms with van der Waals surface area (Å²) in [4.78, 5) is 0. The second kappa shape index (κ2) is 3.73. The van der Waals surface area contributed by atoms with Gasteiger partial charge in [-0.15, -0.1) is 0 Å². The van der Waals surface area contributed by atoms with Gasteiger partial charge in [0.15, 0.2) is 0 Å². The SMILES string of the molecule is CC(CC1CC1)NC1CC2CCC1(C)C2(C)C. The van der Waals surface area contributed by atoms with Crippen LogP contribution in [0.1, 0.15) is 66.2 Å². The molecule has 0 aromatic carbocycles. The van der Waals surface area contributed by atoms with Crippen LogP contribution in [0.15, 0.2) is 0 Å². The molecular weight excluding hydrogens is 206 g/mol. The zero-order valence-electron chi connectivity index (χ0n) is 12.1. The number of hydrogen-bond acceptors (Lipinski definition) is 1. The van der Waals surface area contributed by atoms with Crippen molar-refractivity contribution in [1.29, 1.82) is 0 Å². The van der Waals surface area contributed by atoms with Crippen LogP contribution in [0, 0.1) is 22.7 Å². The molecule has 0 amide bonds. The van der Waals surface area contributed by atoms with E-state index in [-0.39, 0.29) is 0 Å². The Bertz CT molecular complexity index is 305. The fraction of sp³-hybridized carbons (Fsp3) is 1.00. The molecule has 3 fully saturated rings. The first kappa shape index (κ1) is 12.0. The maximum Gasteiger partial charge on any atom is 0.0131 e. The van der Waals surface area contributed by atoms with Crippen LogP contribution in [0.3, 0.4) is 0 Å². The van der Waals surface area contributed by atoms with Crippen LogP contribution in [0.25, 0.3) is 0 Å². The first-order valence-electron chi connectivity index (χ1n) is 7.69. The van der Waals surface area contributed by atoms with Crippen molar-refractivity contribution in [3.05, 3.63) is 0 Å². The van der Waals surface area contributed by atoms with E-state index in [1.165, 1.54) is 38.5 Å². The number of nitrogens with one attached hydrogen (secondary N) is 1. The van der Waals surface area contributed by atoms with Gasteiger partial charge in [-0.3, -0.25) is 0 Å². The molecule has 0 saturated heterocycles. The molecule has 3 saturated carbocycles. The number of rotatable bonds is 4. The Hall–Kier alpha value is -0.0400. The van der Waals surface area contributed by atoms with Gasteiger partial charge in [-0.2, -0.15) is 0 Å². The summed E-state index contributed by atoms with van der Waals surface area (Å²) in [6, 6.07) is 1.52. The van der Waals surface area contributed by atoms with E-state index in [2.05, 4.69) is 33.0 Å². The highest BCUT2D eigenvalue weighted by Crippen LogP contribution is 2.65. The Labute approximate surface area is 107 Å². The van der Waals surface area contributed by atoms with Crippen molar-refractivity contribution >= 4 is 0 Å². The lowest BCUT2D eigenvalue weighted by Crippen LogP contribution is -2.47. The van der Waals surface area contributed by atoms with Gasteiger partial charge >= 0.3 is 0 Å². The third kappa shape index (κ3) is 1.77. The molecule has 0 aromatic heterocycles. The van der Waals surface area contributed by atoms with E-state index in [1.807, 2.05) is 0 Å². The Morgan fingerprint density at radius 3 is 2.35 bits per heavy atom. The van der Waals surface area contributed by atoms with Crippen LogP contribution in [-0.4, -0.2) is 12.1 Å². The number of hydrogen-bond donors (Lipinski definition) is 1. The van der Waals surface area contributed by atoms with Crippen molar-refractivity contribution in [3.63, 3.8) is 0 Å². The molecule has 1 heteroatoms. The van der Waals surface area contributed by atoms with Crippen LogP contribution in [0.2, 0.25) is 0 Å². The molecule has 17 heavy (non-hydrogen) atoms. The third-order valence-electron chi connectivity index (χ3n) is 6.66. The van der Waals surface area contributed by atoms with Crippen LogP contribution in [-0.2, 0) is 0 Å². The molecule has 3 aliphatic carbocycles. The Balaban J connectivity index is 1.65. The topological polar surface area (TPSA) is 12.0 Å². The summed E-state index contributed by atoms with van der Waals surface area (Å²) in [6.45, 7) is 9.97. The minimum Gasteiger partial charge on any atom is -0.311 e. The molecule has 3 rings (SSSR count). The highest BCUT2D eigenvalue weighted by atomic mass is 15.0. The lowest BCUT2D eigenvalue weighted by Gasteiger charge is -2.40. The monoisotopic (exact) mass is 235 g/mol. The van der Waals surface area contributed by atoms with E-state index in [0.29, 0.717) is 10.8 Å². The van der Waals surface area contributed by atoms with Gasteiger partial charge in [0.1, 0.15) is 0 Å². The fourth-order valence-corrected chi connectivity index (χ4v) is 4.72. The van der Waals surface area contributed by atoms with Crippen molar-refractivity contribution in [3.8, 4) is 0 Å². The van der Waals surface area contributed by atoms with E-state index < -0.39 is 0 Å². The minimum atomic E-state index is 0.551. The zero-order chi connectivity index (χ0) is 12.3. The van der Waals surface area contributed by atoms with E-state index in [0.717, 1.165) is 23.9 Å². The van der Waals surface area contributed by atoms with E-state index in [9.17, 15) is 0 Å². The van der Waals surface area contributed by atoms with Gasteiger partial charge in [-0.25, -0.2) is 0 Å². The predicted octanol–water partition coefficient (Wildman–Crippen LogP) is 3.98. The summed E-state index contributed by atoms with van der Waals surface area (Å²) >= 11 is 0. The average Bonchev–Trinajstić information content (AvgIpc) is 2.98. The fourth-order valence-electron chi connectivity index (χ4n) is 4.72. The first-order valence-corrected chi connectivity index (χ1v) is 7.69. The molecule has 2 bridgehead atoms. The van der Waals surface area contributed by atoms with Gasteiger partial charge in [0.05, 0.1) is 0 Å². The molecule has 3 aliphatic rings. The molecule has 0 radical (unpaired) electrons. The van der Waals surface area contributed by atoms with Gasteiger partial charge < -0.3 is 5.32 Å². The average molecular weight is 235 g/mol. The van der Waals surface area contributed by atoms with Crippen molar-refractivity contribution in [2.75, 3.05) is 0 Å². The standard InChI is InChI=1S/C16H29N/c1-11(9-12-5-6-12)17-14-10-13-7-8-16(14,4)15(13,2)3/h11-14,17H,5-10H2,1-4H3. The van der Waals surface area contributed by atoms with E-state index in [4.69, 9.17) is 0 Å². The van der Waals surface area contributed by atoms with Crippen LogP contribution < -0.4 is 5.32 Å². The summed E-state index contributed by atoms with van der Waals surface area (Å²) in [7, 11) is 0. The van der Waals surface area contributed by atoms with Gasteiger partial charge in [-0.05, 0) is 55.3 Å². The highest BCUT2D eigenvalue weighted by molar-refractivity contribution is 5.13. The summed E-state index contributed by atoms with van der Waals surface area (Å²) in [6.07, 6.45) is 8.73. The number of fused-ring (bicyclic) bond motifs is 2. The Morgan fingerprint density at radius 2 is 1.88 bits per heavy atom. The molecule has 1 nitrogen and oxygen atoms in total. The van der Waals surface area contributed by atoms with Gasteiger partial charge in [-0.1, -0.05) is 33.6 Å². The third-order valence-corrected chi connectivity index (χ3v) is 6.66. The zero-order valence-corrected chi connectivity index (χ0v) is 12.1. The van der Waals surface area contributed by atoms with Crippen molar-refractivity contribution < 1.29 is 0 Å². The second-order valence-corrected chi connectivity index (χ2v) is 7.91. The lowest BCUT2D eigenvalue weighted by atomic mass is 9.69. The Kier molecular flexibility index (Phi) is 2.63. The molecule has 4 atom stereocenters. The Morgan fingerprint density at radius 1 is 1.18 bits per heavy atom. The van der Waals surface area contributed by atoms with Crippen molar-refractivity contribution in [1.82, 2.24) is 5.32 Å². The largest absolute Gasteiger partial charge is 0.311 e. The van der Waals surface area contributed by atoms with Gasteiger partial charge in [0, 0.05) is 12.1 Å². The molecule has 98 valence electrons. The van der Waals surface area contributed by atoms with Crippen LogP contribution in [0.5, 0.6) is 0 Å².